The number of carboxylic acids is 1. The molecule has 1 fully saturated rings. The first-order valence-corrected chi connectivity index (χ1v) is 8.98. The van der Waals surface area contributed by atoms with Gasteiger partial charge in [0, 0.05) is 19.1 Å². The van der Waals surface area contributed by atoms with Crippen LogP contribution in [0.1, 0.15) is 12.0 Å². The lowest BCUT2D eigenvalue weighted by atomic mass is 10.1. The van der Waals surface area contributed by atoms with Crippen molar-refractivity contribution in [3.05, 3.63) is 34.1 Å². The molecule has 8 heteroatoms. The maximum atomic E-state index is 13.2. The molecule has 1 unspecified atom stereocenters. The van der Waals surface area contributed by atoms with E-state index in [0.29, 0.717) is 11.0 Å². The van der Waals surface area contributed by atoms with Crippen molar-refractivity contribution in [2.75, 3.05) is 18.1 Å². The largest absolute Gasteiger partial charge is 0.481 e. The number of aliphatic carboxylic acids is 1. The summed E-state index contributed by atoms with van der Waals surface area (Å²) in [4.78, 5) is 12.7. The Kier molecular flexibility index (Phi) is 5.00. The fraction of sp³-hybridized carbons (Fsp3) is 0.462. The lowest BCUT2D eigenvalue weighted by Crippen LogP contribution is -2.48. The third-order valence-corrected chi connectivity index (χ3v) is 5.74. The number of rotatable bonds is 4. The van der Waals surface area contributed by atoms with E-state index in [0.717, 1.165) is 5.56 Å². The highest BCUT2D eigenvalue weighted by atomic mass is 79.9. The Morgan fingerprint density at radius 1 is 1.48 bits per heavy atom. The minimum Gasteiger partial charge on any atom is -0.481 e. The number of carbonyl (C=O) groups is 1. The van der Waals surface area contributed by atoms with Gasteiger partial charge in [0.1, 0.15) is 5.82 Å². The van der Waals surface area contributed by atoms with Gasteiger partial charge in [-0.1, -0.05) is 6.07 Å². The molecule has 0 aliphatic carbocycles. The van der Waals surface area contributed by atoms with E-state index in [-0.39, 0.29) is 30.3 Å². The van der Waals surface area contributed by atoms with Crippen LogP contribution in [0.3, 0.4) is 0 Å². The van der Waals surface area contributed by atoms with E-state index in [1.807, 2.05) is 4.90 Å². The first kappa shape index (κ1) is 16.4. The highest BCUT2D eigenvalue weighted by molar-refractivity contribution is 9.10. The summed E-state index contributed by atoms with van der Waals surface area (Å²) >= 11 is 3.10. The third kappa shape index (κ3) is 4.49. The minimum absolute atomic E-state index is 0.0193. The summed E-state index contributed by atoms with van der Waals surface area (Å²) in [7, 11) is -3.19. The van der Waals surface area contributed by atoms with Crippen LogP contribution >= 0.6 is 15.9 Å². The van der Waals surface area contributed by atoms with Crippen molar-refractivity contribution < 1.29 is 22.7 Å². The minimum atomic E-state index is -3.19. The topological polar surface area (TPSA) is 74.7 Å². The van der Waals surface area contributed by atoms with Crippen LogP contribution in [0.2, 0.25) is 0 Å². The number of nitrogens with zero attached hydrogens (tertiary/aromatic N) is 1. The van der Waals surface area contributed by atoms with Crippen LogP contribution in [0.4, 0.5) is 4.39 Å². The smallest absolute Gasteiger partial charge is 0.304 e. The summed E-state index contributed by atoms with van der Waals surface area (Å²) in [6.45, 7) is 0.682. The SMILES string of the molecule is O=C(O)CC1CS(=O)(=O)CCN1Cc1ccc(F)c(Br)c1. The van der Waals surface area contributed by atoms with Crippen LogP contribution in [0.25, 0.3) is 0 Å². The zero-order chi connectivity index (χ0) is 15.6. The maximum absolute atomic E-state index is 13.2. The van der Waals surface area contributed by atoms with E-state index in [2.05, 4.69) is 15.9 Å². The normalized spacial score (nSPS) is 22.1. The van der Waals surface area contributed by atoms with Gasteiger partial charge in [-0.3, -0.25) is 9.69 Å². The summed E-state index contributed by atoms with van der Waals surface area (Å²) in [5, 5.41) is 8.92. The molecular formula is C13H15BrFNO4S. The van der Waals surface area contributed by atoms with E-state index in [9.17, 15) is 17.6 Å². The Morgan fingerprint density at radius 3 is 2.81 bits per heavy atom. The molecule has 1 saturated heterocycles. The summed E-state index contributed by atoms with van der Waals surface area (Å²) in [6.07, 6.45) is -0.221. The van der Waals surface area contributed by atoms with Crippen LogP contribution in [0, 0.1) is 5.82 Å². The maximum Gasteiger partial charge on any atom is 0.304 e. The first-order chi connectivity index (χ1) is 9.77. The van der Waals surface area contributed by atoms with Crippen molar-refractivity contribution in [3.8, 4) is 0 Å². The van der Waals surface area contributed by atoms with E-state index in [1.165, 1.54) is 6.07 Å². The van der Waals surface area contributed by atoms with Crippen LogP contribution in [-0.2, 0) is 21.2 Å². The molecule has 21 heavy (non-hydrogen) atoms. The van der Waals surface area contributed by atoms with E-state index >= 15 is 0 Å². The molecule has 0 saturated carbocycles. The quantitative estimate of drug-likeness (QED) is 0.860. The highest BCUT2D eigenvalue weighted by Gasteiger charge is 2.32. The second-order valence-corrected chi connectivity index (χ2v) is 8.17. The predicted molar refractivity (Wildman–Crippen MR) is 79.2 cm³/mol. The fourth-order valence-corrected chi connectivity index (χ4v) is 4.41. The molecule has 1 aliphatic rings. The molecule has 2 rings (SSSR count). The second-order valence-electron chi connectivity index (χ2n) is 5.08. The molecule has 0 bridgehead atoms. The summed E-state index contributed by atoms with van der Waals surface area (Å²) in [5.74, 6) is -1.53. The summed E-state index contributed by atoms with van der Waals surface area (Å²) in [6, 6.07) is 4.01. The standard InChI is InChI=1S/C13H15BrFNO4S/c14-11-5-9(1-2-12(11)15)7-16-3-4-21(19,20)8-10(16)6-13(17)18/h1-2,5,10H,3-4,6-8H2,(H,17,18). The number of hydrogen-bond acceptors (Lipinski definition) is 4. The van der Waals surface area contributed by atoms with E-state index < -0.39 is 21.8 Å². The van der Waals surface area contributed by atoms with E-state index in [1.54, 1.807) is 12.1 Å². The van der Waals surface area contributed by atoms with Gasteiger partial charge in [0.2, 0.25) is 0 Å². The van der Waals surface area contributed by atoms with Gasteiger partial charge >= 0.3 is 5.97 Å². The molecule has 1 aromatic rings. The second kappa shape index (κ2) is 6.41. The van der Waals surface area contributed by atoms with Gasteiger partial charge in [0.25, 0.3) is 0 Å². The average molecular weight is 380 g/mol. The Balaban J connectivity index is 2.15. The van der Waals surface area contributed by atoms with Gasteiger partial charge in [-0.25, -0.2) is 12.8 Å². The van der Waals surface area contributed by atoms with Crippen LogP contribution < -0.4 is 0 Å². The lowest BCUT2D eigenvalue weighted by molar-refractivity contribution is -0.138. The van der Waals surface area contributed by atoms with Crippen LogP contribution in [0.15, 0.2) is 22.7 Å². The predicted octanol–water partition coefficient (Wildman–Crippen LogP) is 1.66. The van der Waals surface area contributed by atoms with Gasteiger partial charge in [0.15, 0.2) is 9.84 Å². The Morgan fingerprint density at radius 2 is 2.19 bits per heavy atom. The zero-order valence-electron chi connectivity index (χ0n) is 11.1. The molecule has 1 heterocycles. The molecule has 1 atom stereocenters. The molecule has 5 nitrogen and oxygen atoms in total. The fourth-order valence-electron chi connectivity index (χ4n) is 2.39. The van der Waals surface area contributed by atoms with E-state index in [4.69, 9.17) is 5.11 Å². The molecule has 1 aliphatic heterocycles. The lowest BCUT2D eigenvalue weighted by Gasteiger charge is -2.34. The first-order valence-electron chi connectivity index (χ1n) is 6.37. The molecular weight excluding hydrogens is 365 g/mol. The molecule has 0 spiro atoms. The molecule has 0 aromatic heterocycles. The number of benzene rings is 1. The van der Waals surface area contributed by atoms with Crippen molar-refractivity contribution in [1.82, 2.24) is 4.90 Å². The number of sulfone groups is 1. The number of halogens is 2. The molecule has 1 aromatic carbocycles. The van der Waals surface area contributed by atoms with Crippen molar-refractivity contribution in [3.63, 3.8) is 0 Å². The summed E-state index contributed by atoms with van der Waals surface area (Å²) in [5.41, 5.74) is 0.804. The Bertz CT molecular complexity index is 650. The van der Waals surface area contributed by atoms with Gasteiger partial charge in [-0.15, -0.1) is 0 Å². The van der Waals surface area contributed by atoms with Gasteiger partial charge in [0.05, 0.1) is 22.4 Å². The molecule has 1 N–H and O–H groups in total. The zero-order valence-corrected chi connectivity index (χ0v) is 13.5. The van der Waals surface area contributed by atoms with Crippen molar-refractivity contribution in [2.45, 2.75) is 19.0 Å². The van der Waals surface area contributed by atoms with Crippen LogP contribution in [0.5, 0.6) is 0 Å². The van der Waals surface area contributed by atoms with Gasteiger partial charge in [-0.2, -0.15) is 0 Å². The Hall–Kier alpha value is -0.990. The number of hydrogen-bond donors (Lipinski definition) is 1. The number of carboxylic acid groups (broad SMARTS) is 1. The van der Waals surface area contributed by atoms with Gasteiger partial charge < -0.3 is 5.11 Å². The summed E-state index contributed by atoms with van der Waals surface area (Å²) < 4.78 is 36.9. The average Bonchev–Trinajstić information content (AvgIpc) is 2.36. The Labute approximate surface area is 130 Å². The van der Waals surface area contributed by atoms with Crippen LogP contribution in [-0.4, -0.2) is 48.5 Å². The molecule has 116 valence electrons. The monoisotopic (exact) mass is 379 g/mol. The van der Waals surface area contributed by atoms with Crippen molar-refractivity contribution >= 4 is 31.7 Å². The third-order valence-electron chi connectivity index (χ3n) is 3.43. The van der Waals surface area contributed by atoms with Gasteiger partial charge in [-0.05, 0) is 33.6 Å². The molecule has 0 amide bonds. The van der Waals surface area contributed by atoms with Crippen molar-refractivity contribution in [2.24, 2.45) is 0 Å². The molecule has 0 radical (unpaired) electrons. The van der Waals surface area contributed by atoms with Crippen molar-refractivity contribution in [1.29, 1.82) is 0 Å². The highest BCUT2D eigenvalue weighted by Crippen LogP contribution is 2.21.